The van der Waals surface area contributed by atoms with E-state index in [9.17, 15) is 15.0 Å². The van der Waals surface area contributed by atoms with Crippen molar-refractivity contribution in [2.24, 2.45) is 5.92 Å². The molecule has 4 atom stereocenters. The van der Waals surface area contributed by atoms with Crippen LogP contribution in [-0.2, 0) is 9.22 Å². The Morgan fingerprint density at radius 1 is 1.26 bits per heavy atom. The Hall–Kier alpha value is -2.11. The maximum absolute atomic E-state index is 11.7. The molecule has 0 saturated carbocycles. The number of carboxylic acids is 1. The van der Waals surface area contributed by atoms with Gasteiger partial charge < -0.3 is 19.4 Å². The Bertz CT molecular complexity index is 893. The van der Waals surface area contributed by atoms with Gasteiger partial charge in [-0.1, -0.05) is 50.6 Å². The van der Waals surface area contributed by atoms with Crippen molar-refractivity contribution in [1.29, 1.82) is 0 Å². The average Bonchev–Trinajstić information content (AvgIpc) is 3.11. The van der Waals surface area contributed by atoms with Crippen molar-refractivity contribution < 1.29 is 24.2 Å². The molecule has 0 radical (unpaired) electrons. The maximum atomic E-state index is 11.7. The quantitative estimate of drug-likeness (QED) is 0.175. The van der Waals surface area contributed by atoms with Crippen molar-refractivity contribution in [3.63, 3.8) is 0 Å². The second-order valence-corrected chi connectivity index (χ2v) is 15.8. The molecule has 1 aliphatic carbocycles. The Kier molecular flexibility index (Phi) is 11.0. The van der Waals surface area contributed by atoms with Crippen molar-refractivity contribution >= 4 is 14.3 Å². The lowest BCUT2D eigenvalue weighted by Gasteiger charge is -2.37. The predicted octanol–water partition coefficient (Wildman–Crippen LogP) is 6.90. The van der Waals surface area contributed by atoms with Crippen molar-refractivity contribution in [2.45, 2.75) is 103 Å². The third kappa shape index (κ3) is 9.45. The number of carbonyl (C=O) groups is 1. The highest BCUT2D eigenvalue weighted by molar-refractivity contribution is 6.74. The Balaban J connectivity index is 1.82. The molecule has 0 saturated heterocycles. The number of hydrogen-bond acceptors (Lipinski definition) is 4. The van der Waals surface area contributed by atoms with Crippen LogP contribution in [0.15, 0.2) is 59.9 Å². The van der Waals surface area contributed by atoms with Gasteiger partial charge >= 0.3 is 5.97 Å². The zero-order valence-electron chi connectivity index (χ0n) is 22.3. The summed E-state index contributed by atoms with van der Waals surface area (Å²) in [4.78, 5) is 11.7. The third-order valence-electron chi connectivity index (χ3n) is 7.18. The van der Waals surface area contributed by atoms with Crippen molar-refractivity contribution in [3.05, 3.63) is 59.9 Å². The summed E-state index contributed by atoms with van der Waals surface area (Å²) in [5, 5.41) is 20.0. The van der Waals surface area contributed by atoms with E-state index in [-0.39, 0.29) is 23.2 Å². The van der Waals surface area contributed by atoms with Gasteiger partial charge in [0.15, 0.2) is 14.4 Å². The zero-order valence-corrected chi connectivity index (χ0v) is 23.3. The number of benzene rings is 1. The van der Waals surface area contributed by atoms with Gasteiger partial charge in [-0.2, -0.15) is 0 Å². The number of aliphatic hydroxyl groups is 1. The van der Waals surface area contributed by atoms with Gasteiger partial charge in [0.05, 0.1) is 12.2 Å². The first-order chi connectivity index (χ1) is 16.4. The summed E-state index contributed by atoms with van der Waals surface area (Å²) >= 11 is 0. The molecule has 1 aromatic carbocycles. The van der Waals surface area contributed by atoms with E-state index in [1.165, 1.54) is 11.6 Å². The molecule has 0 spiro atoms. The van der Waals surface area contributed by atoms with Crippen LogP contribution in [0.25, 0.3) is 0 Å². The predicted molar refractivity (Wildman–Crippen MR) is 144 cm³/mol. The van der Waals surface area contributed by atoms with Crippen LogP contribution in [-0.4, -0.2) is 42.8 Å². The number of rotatable bonds is 13. The fraction of sp³-hybridized carbons (Fsp3) is 0.586. The highest BCUT2D eigenvalue weighted by atomic mass is 28.4. The number of aliphatic hydroxyl groups excluding tert-OH is 1. The molecule has 2 N–H and O–H groups in total. The van der Waals surface area contributed by atoms with Crippen LogP contribution in [0.4, 0.5) is 0 Å². The molecule has 35 heavy (non-hydrogen) atoms. The summed E-state index contributed by atoms with van der Waals surface area (Å²) in [6, 6.07) is 9.88. The monoisotopic (exact) mass is 500 g/mol. The van der Waals surface area contributed by atoms with Gasteiger partial charge in [0.25, 0.3) is 0 Å². The van der Waals surface area contributed by atoms with Gasteiger partial charge in [-0.3, -0.25) is 0 Å². The highest BCUT2D eigenvalue weighted by Crippen LogP contribution is 2.37. The van der Waals surface area contributed by atoms with Gasteiger partial charge in [0.2, 0.25) is 0 Å². The van der Waals surface area contributed by atoms with Gasteiger partial charge in [-0.05, 0) is 87.9 Å². The standard InChI is InChI=1S/C29H44O5Si/c1-22(33-24-16-9-7-10-17-24)14-13-15-23-20-21-26(30)25(23)18-11-8-12-19-27(28(31)32)34-35(5,6)29(2,3)4/h7-10,16-17,19-20,22,25-27,30H,11,13-15,18,21H2,1-6H3,(H,31,32)/t12?,22?,25-,26?,27?/m1/s1. The van der Waals surface area contributed by atoms with E-state index in [1.54, 1.807) is 0 Å². The Labute approximate surface area is 212 Å². The molecule has 3 unspecified atom stereocenters. The van der Waals surface area contributed by atoms with Crippen LogP contribution < -0.4 is 4.74 Å². The van der Waals surface area contributed by atoms with E-state index in [1.807, 2.05) is 49.5 Å². The minimum atomic E-state index is -2.20. The van der Waals surface area contributed by atoms with Crippen LogP contribution in [0.1, 0.15) is 66.2 Å². The lowest BCUT2D eigenvalue weighted by Crippen LogP contribution is -2.45. The third-order valence-corrected chi connectivity index (χ3v) is 11.6. The smallest absolute Gasteiger partial charge is 0.336 e. The van der Waals surface area contributed by atoms with Crippen LogP contribution in [0.5, 0.6) is 5.75 Å². The van der Waals surface area contributed by atoms with Crippen LogP contribution in [0.2, 0.25) is 18.1 Å². The van der Waals surface area contributed by atoms with Crippen LogP contribution in [0.3, 0.4) is 0 Å². The summed E-state index contributed by atoms with van der Waals surface area (Å²) < 4.78 is 12.0. The fourth-order valence-electron chi connectivity index (χ4n) is 4.04. The molecule has 0 bridgehead atoms. The van der Waals surface area contributed by atoms with E-state index in [0.717, 1.165) is 37.9 Å². The molecule has 0 aromatic heterocycles. The minimum Gasteiger partial charge on any atom is -0.491 e. The fourth-order valence-corrected chi connectivity index (χ4v) is 5.19. The summed E-state index contributed by atoms with van der Waals surface area (Å²) in [7, 11) is -2.20. The molecule has 0 aliphatic heterocycles. The molecule has 1 aromatic rings. The number of carboxylic acid groups (broad SMARTS) is 1. The Morgan fingerprint density at radius 3 is 2.57 bits per heavy atom. The van der Waals surface area contributed by atoms with Crippen molar-refractivity contribution in [1.82, 2.24) is 0 Å². The van der Waals surface area contributed by atoms with E-state index < -0.39 is 20.4 Å². The van der Waals surface area contributed by atoms with E-state index in [2.05, 4.69) is 39.5 Å². The van der Waals surface area contributed by atoms with Crippen molar-refractivity contribution in [3.8, 4) is 5.75 Å². The molecule has 0 fully saturated rings. The summed E-state index contributed by atoms with van der Waals surface area (Å²) in [5.74, 6) is 0.0582. The molecule has 1 aliphatic rings. The molecule has 0 heterocycles. The molecule has 2 rings (SSSR count). The highest BCUT2D eigenvalue weighted by Gasteiger charge is 2.40. The van der Waals surface area contributed by atoms with Gasteiger partial charge in [-0.15, -0.1) is 5.73 Å². The number of hydrogen-bond donors (Lipinski definition) is 2. The lowest BCUT2D eigenvalue weighted by molar-refractivity contribution is -0.143. The number of ether oxygens (including phenoxy) is 1. The van der Waals surface area contributed by atoms with Crippen LogP contribution in [0, 0.1) is 5.92 Å². The van der Waals surface area contributed by atoms with E-state index >= 15 is 0 Å². The lowest BCUT2D eigenvalue weighted by atomic mass is 9.90. The molecular formula is C29H44O5Si. The van der Waals surface area contributed by atoms with E-state index in [4.69, 9.17) is 9.16 Å². The maximum Gasteiger partial charge on any atom is 0.336 e. The summed E-state index contributed by atoms with van der Waals surface area (Å²) in [6.07, 6.45) is 9.59. The first-order valence-electron chi connectivity index (χ1n) is 12.8. The second kappa shape index (κ2) is 13.3. The molecule has 6 heteroatoms. The number of aliphatic carboxylic acids is 1. The molecule has 5 nitrogen and oxygen atoms in total. The van der Waals surface area contributed by atoms with E-state index in [0.29, 0.717) is 6.42 Å². The van der Waals surface area contributed by atoms with Gasteiger partial charge in [0.1, 0.15) is 5.75 Å². The average molecular weight is 501 g/mol. The minimum absolute atomic E-state index is 0.0644. The van der Waals surface area contributed by atoms with Crippen LogP contribution >= 0.6 is 0 Å². The van der Waals surface area contributed by atoms with Gasteiger partial charge in [0, 0.05) is 5.92 Å². The molecular weight excluding hydrogens is 456 g/mol. The largest absolute Gasteiger partial charge is 0.491 e. The first kappa shape index (κ1) is 29.1. The topological polar surface area (TPSA) is 76.0 Å². The summed E-state index contributed by atoms with van der Waals surface area (Å²) in [5.41, 5.74) is 4.35. The Morgan fingerprint density at radius 2 is 1.94 bits per heavy atom. The SMILES string of the molecule is CC(CCCC1=CCC(O)[C@@H]1CCC=C=CC(O[Si](C)(C)C(C)(C)C)C(=O)O)Oc1ccccc1. The summed E-state index contributed by atoms with van der Waals surface area (Å²) in [6.45, 7) is 12.5. The second-order valence-electron chi connectivity index (χ2n) is 11.1. The van der Waals surface area contributed by atoms with Gasteiger partial charge in [-0.25, -0.2) is 4.79 Å². The first-order valence-corrected chi connectivity index (χ1v) is 15.7. The van der Waals surface area contributed by atoms with Crippen molar-refractivity contribution in [2.75, 3.05) is 0 Å². The zero-order chi connectivity index (χ0) is 26.1. The normalized spacial score (nSPS) is 19.9. The molecule has 0 amide bonds. The number of para-hydroxylation sites is 1. The molecule has 194 valence electrons.